The maximum absolute atomic E-state index is 12.1. The van der Waals surface area contributed by atoms with Crippen LogP contribution >= 0.6 is 0 Å². The second-order valence-corrected chi connectivity index (χ2v) is 3.02. The van der Waals surface area contributed by atoms with E-state index in [0.717, 1.165) is 0 Å². The Hall–Kier alpha value is -0.330. The fourth-order valence-corrected chi connectivity index (χ4v) is 1.37. The van der Waals surface area contributed by atoms with Gasteiger partial charge in [-0.15, -0.1) is 0 Å². The molecule has 0 amide bonds. The van der Waals surface area contributed by atoms with Gasteiger partial charge < -0.3 is 5.11 Å². The van der Waals surface area contributed by atoms with Crippen LogP contribution < -0.4 is 0 Å². The third kappa shape index (κ3) is 3.13. The first-order valence-corrected chi connectivity index (χ1v) is 4.19. The van der Waals surface area contributed by atoms with Crippen LogP contribution in [0.4, 0.5) is 13.2 Å². The van der Waals surface area contributed by atoms with Crippen molar-refractivity contribution in [2.45, 2.75) is 6.30 Å². The molecule has 0 aliphatic carbocycles. The Bertz CT molecular complexity index is 154. The Morgan fingerprint density at radius 2 is 1.62 bits per heavy atom. The van der Waals surface area contributed by atoms with Crippen molar-refractivity contribution in [3.63, 3.8) is 0 Å². The number of aliphatic hydroxyl groups is 1. The zero-order valence-corrected chi connectivity index (χ0v) is 7.22. The van der Waals surface area contributed by atoms with Crippen molar-refractivity contribution < 1.29 is 18.3 Å². The van der Waals surface area contributed by atoms with Crippen molar-refractivity contribution in [1.29, 1.82) is 0 Å². The van der Waals surface area contributed by atoms with Gasteiger partial charge in [0.2, 0.25) is 0 Å². The van der Waals surface area contributed by atoms with E-state index in [4.69, 9.17) is 5.11 Å². The number of hydrogen-bond acceptors (Lipinski definition) is 3. The Balaban J connectivity index is 2.30. The van der Waals surface area contributed by atoms with E-state index in [1.165, 1.54) is 0 Å². The van der Waals surface area contributed by atoms with Gasteiger partial charge in [0.05, 0.1) is 6.61 Å². The molecule has 1 N–H and O–H groups in total. The van der Waals surface area contributed by atoms with Gasteiger partial charge in [-0.1, -0.05) is 0 Å². The average molecular weight is 198 g/mol. The second kappa shape index (κ2) is 4.26. The van der Waals surface area contributed by atoms with E-state index < -0.39 is 6.30 Å². The number of piperazine rings is 1. The first-order chi connectivity index (χ1) is 6.04. The molecular weight excluding hydrogens is 185 g/mol. The molecule has 1 aliphatic heterocycles. The van der Waals surface area contributed by atoms with Gasteiger partial charge in [-0.05, 0) is 0 Å². The zero-order valence-electron chi connectivity index (χ0n) is 7.22. The first-order valence-electron chi connectivity index (χ1n) is 4.19. The number of β-amino-alcohol motifs (C(OH)–C–C–N with tert-alkyl or cyclic N) is 1. The molecule has 0 saturated carbocycles. The Morgan fingerprint density at radius 3 is 2.00 bits per heavy atom. The number of nitrogens with zero attached hydrogens (tertiary/aromatic N) is 2. The maximum atomic E-state index is 12.1. The summed E-state index contributed by atoms with van der Waals surface area (Å²) in [7, 11) is 0. The molecular formula is C7H13F3N2O. The van der Waals surface area contributed by atoms with Crippen molar-refractivity contribution in [3.05, 3.63) is 0 Å². The van der Waals surface area contributed by atoms with Gasteiger partial charge in [0.25, 0.3) is 0 Å². The smallest absolute Gasteiger partial charge is 0.395 e. The highest BCUT2D eigenvalue weighted by molar-refractivity contribution is 4.72. The molecule has 0 unspecified atom stereocenters. The summed E-state index contributed by atoms with van der Waals surface area (Å²) >= 11 is 0. The van der Waals surface area contributed by atoms with E-state index in [2.05, 4.69) is 0 Å². The highest BCUT2D eigenvalue weighted by Gasteiger charge is 2.38. The van der Waals surface area contributed by atoms with Crippen LogP contribution in [0.3, 0.4) is 0 Å². The second-order valence-electron chi connectivity index (χ2n) is 3.02. The molecule has 0 radical (unpaired) electrons. The summed E-state index contributed by atoms with van der Waals surface area (Å²) in [5.74, 6) is 0. The van der Waals surface area contributed by atoms with Crippen molar-refractivity contribution >= 4 is 0 Å². The van der Waals surface area contributed by atoms with Crippen molar-refractivity contribution in [2.75, 3.05) is 39.3 Å². The Kier molecular flexibility index (Phi) is 3.52. The van der Waals surface area contributed by atoms with Crippen LogP contribution in [0.5, 0.6) is 0 Å². The summed E-state index contributed by atoms with van der Waals surface area (Å²) < 4.78 is 36.3. The van der Waals surface area contributed by atoms with Crippen molar-refractivity contribution in [2.24, 2.45) is 0 Å². The van der Waals surface area contributed by atoms with E-state index in [1.807, 2.05) is 4.90 Å². The van der Waals surface area contributed by atoms with E-state index in [1.54, 1.807) is 0 Å². The minimum Gasteiger partial charge on any atom is -0.395 e. The molecule has 1 heterocycles. The van der Waals surface area contributed by atoms with E-state index in [-0.39, 0.29) is 19.7 Å². The average Bonchev–Trinajstić information content (AvgIpc) is 2.04. The van der Waals surface area contributed by atoms with E-state index in [9.17, 15) is 13.2 Å². The maximum Gasteiger partial charge on any atom is 0.460 e. The summed E-state index contributed by atoms with van der Waals surface area (Å²) in [6.07, 6.45) is -4.20. The highest BCUT2D eigenvalue weighted by atomic mass is 19.4. The largest absolute Gasteiger partial charge is 0.460 e. The molecule has 13 heavy (non-hydrogen) atoms. The predicted molar refractivity (Wildman–Crippen MR) is 41.2 cm³/mol. The third-order valence-corrected chi connectivity index (χ3v) is 2.15. The lowest BCUT2D eigenvalue weighted by Crippen LogP contribution is -2.52. The minimum atomic E-state index is -4.20. The molecule has 1 aliphatic rings. The monoisotopic (exact) mass is 198 g/mol. The number of alkyl halides is 3. The quantitative estimate of drug-likeness (QED) is 0.638. The van der Waals surface area contributed by atoms with Crippen LogP contribution in [0, 0.1) is 0 Å². The van der Waals surface area contributed by atoms with E-state index in [0.29, 0.717) is 24.5 Å². The summed E-state index contributed by atoms with van der Waals surface area (Å²) in [6, 6.07) is 0. The van der Waals surface area contributed by atoms with Gasteiger partial charge in [0.15, 0.2) is 0 Å². The molecule has 0 aromatic rings. The Labute approximate surface area is 74.7 Å². The van der Waals surface area contributed by atoms with Crippen LogP contribution in [-0.4, -0.2) is 60.5 Å². The lowest BCUT2D eigenvalue weighted by molar-refractivity contribution is -0.252. The molecule has 0 aromatic heterocycles. The van der Waals surface area contributed by atoms with Crippen LogP contribution in [0.15, 0.2) is 0 Å². The number of hydrogen-bond donors (Lipinski definition) is 1. The standard InChI is InChI=1S/C7H13F3N2O/c8-7(9,10)12-3-1-11(2-4-12)5-6-13/h13H,1-6H2. The Morgan fingerprint density at radius 1 is 1.08 bits per heavy atom. The van der Waals surface area contributed by atoms with Gasteiger partial charge >= 0.3 is 6.30 Å². The van der Waals surface area contributed by atoms with Crippen LogP contribution in [-0.2, 0) is 0 Å². The van der Waals surface area contributed by atoms with Crippen LogP contribution in [0.2, 0.25) is 0 Å². The van der Waals surface area contributed by atoms with Crippen molar-refractivity contribution in [1.82, 2.24) is 9.80 Å². The predicted octanol–water partition coefficient (Wildman–Crippen LogP) is 0.116. The third-order valence-electron chi connectivity index (χ3n) is 2.15. The molecule has 78 valence electrons. The van der Waals surface area contributed by atoms with Gasteiger partial charge in [0.1, 0.15) is 0 Å². The SMILES string of the molecule is OCCN1CCN(C(F)(F)F)CC1. The first kappa shape index (κ1) is 10.7. The minimum absolute atomic E-state index is 0.00347. The summed E-state index contributed by atoms with van der Waals surface area (Å²) in [5.41, 5.74) is 0. The fourth-order valence-electron chi connectivity index (χ4n) is 1.37. The molecule has 0 spiro atoms. The van der Waals surface area contributed by atoms with Gasteiger partial charge in [-0.3, -0.25) is 4.90 Å². The van der Waals surface area contributed by atoms with Crippen molar-refractivity contribution in [3.8, 4) is 0 Å². The molecule has 0 atom stereocenters. The normalized spacial score (nSPS) is 22.2. The highest BCUT2D eigenvalue weighted by Crippen LogP contribution is 2.22. The molecule has 1 saturated heterocycles. The van der Waals surface area contributed by atoms with E-state index >= 15 is 0 Å². The summed E-state index contributed by atoms with van der Waals surface area (Å²) in [5, 5.41) is 8.57. The van der Waals surface area contributed by atoms with Gasteiger partial charge in [-0.25, -0.2) is 4.90 Å². The molecule has 1 fully saturated rings. The molecule has 0 aromatic carbocycles. The summed E-state index contributed by atoms with van der Waals surface area (Å²) in [4.78, 5) is 2.32. The molecule has 0 bridgehead atoms. The molecule has 3 nitrogen and oxygen atoms in total. The topological polar surface area (TPSA) is 26.7 Å². The fraction of sp³-hybridized carbons (Fsp3) is 1.00. The van der Waals surface area contributed by atoms with Crippen LogP contribution in [0.25, 0.3) is 0 Å². The molecule has 1 rings (SSSR count). The number of aliphatic hydroxyl groups excluding tert-OH is 1. The zero-order chi connectivity index (χ0) is 9.90. The number of halogens is 3. The lowest BCUT2D eigenvalue weighted by atomic mass is 10.3. The van der Waals surface area contributed by atoms with Crippen LogP contribution in [0.1, 0.15) is 0 Å². The number of rotatable bonds is 2. The lowest BCUT2D eigenvalue weighted by Gasteiger charge is -2.34. The van der Waals surface area contributed by atoms with Gasteiger partial charge in [0, 0.05) is 32.7 Å². The summed E-state index contributed by atoms with van der Waals surface area (Å²) in [6.45, 7) is 1.23. The van der Waals surface area contributed by atoms with Gasteiger partial charge in [-0.2, -0.15) is 13.2 Å². The molecule has 6 heteroatoms.